The number of thiazole rings is 2. The lowest BCUT2D eigenvalue weighted by Gasteiger charge is -2.49. The van der Waals surface area contributed by atoms with Gasteiger partial charge in [0.2, 0.25) is 0 Å². The lowest BCUT2D eigenvalue weighted by molar-refractivity contribution is -0.147. The van der Waals surface area contributed by atoms with Gasteiger partial charge in [-0.2, -0.15) is 0 Å². The van der Waals surface area contributed by atoms with E-state index in [1.165, 1.54) is 0 Å². The number of ether oxygens (including phenoxy) is 4. The summed E-state index contributed by atoms with van der Waals surface area (Å²) in [7, 11) is 34.6. The average Bonchev–Trinajstić information content (AvgIpc) is 1.34. The number of nitrogens with one attached hydrogen (secondary N) is 2. The van der Waals surface area contributed by atoms with Crippen LogP contribution < -0.4 is 10.6 Å². The molecule has 2 N–H and O–H groups in total. The molecule has 0 bridgehead atoms. The highest BCUT2D eigenvalue weighted by molar-refractivity contribution is 14.1. The number of methoxy groups -OCH3 is 2. The predicted molar refractivity (Wildman–Crippen MR) is 668 cm³/mol. The van der Waals surface area contributed by atoms with Crippen LogP contribution in [0, 0.1) is 403 Å². The molecule has 0 radical (unpaired) electrons. The molecule has 4 aliphatic rings. The number of alkyl halides is 1. The first-order valence-electron chi connectivity index (χ1n) is 39.4. The number of benzene rings is 2. The zero-order valence-corrected chi connectivity index (χ0v) is 103. The van der Waals surface area contributed by atoms with Crippen molar-refractivity contribution in [2.24, 2.45) is 21.8 Å². The molecule has 37 heteroatoms. The highest BCUT2D eigenvalue weighted by atomic mass is 127. The minimum absolute atomic E-state index is 0.0415. The molecule has 0 saturated carbocycles. The Morgan fingerprint density at radius 1 is 0.396 bits per heavy atom. The molecule has 6 heterocycles. The van der Waals surface area contributed by atoms with E-state index >= 15 is 0 Å². The normalized spacial score (nSPS) is 15.3. The van der Waals surface area contributed by atoms with Crippen LogP contribution in [0.4, 0.5) is 0 Å². The fourth-order valence-corrected chi connectivity index (χ4v) is 226. The average molecular weight is 2510 g/mol. The van der Waals surface area contributed by atoms with Gasteiger partial charge in [0.15, 0.2) is 10.3 Å². The maximum Gasteiger partial charge on any atom is 0.257 e. The molecule has 696 valence electrons. The Labute approximate surface area is 927 Å². The first-order chi connectivity index (χ1) is 70.0. The highest BCUT2D eigenvalue weighted by Gasteiger charge is 2.56. The number of rotatable bonds is 16. The van der Waals surface area contributed by atoms with E-state index in [0.29, 0.717) is 47.9 Å². The fraction of sp³-hybridized carbons (Fsp3) is 0.178. The van der Waals surface area contributed by atoms with Crippen molar-refractivity contribution in [3.05, 3.63) is 102 Å². The third-order valence-corrected chi connectivity index (χ3v) is 131. The fourth-order valence-electron chi connectivity index (χ4n) is 10.5. The van der Waals surface area contributed by atoms with Gasteiger partial charge in [-0.3, -0.25) is 9.59 Å². The third-order valence-electron chi connectivity index (χ3n) is 16.1. The third kappa shape index (κ3) is 51.9. The molecule has 4 aliphatic heterocycles. The number of amides is 2. The molecule has 0 spiro atoms. The number of thioether (sulfide) groups is 2. The molecule has 2 aromatic carbocycles. The topological polar surface area (TPSA) is 146 Å². The van der Waals surface area contributed by atoms with E-state index in [0.717, 1.165) is 48.0 Å². The second-order valence-electron chi connectivity index (χ2n) is 25.9. The summed E-state index contributed by atoms with van der Waals surface area (Å²) in [5, 5.41) is 12.9. The van der Waals surface area contributed by atoms with Crippen LogP contribution in [0.5, 0.6) is 0 Å². The van der Waals surface area contributed by atoms with Crippen molar-refractivity contribution in [2.45, 2.75) is 49.0 Å². The van der Waals surface area contributed by atoms with Crippen molar-refractivity contribution >= 4 is 268 Å². The van der Waals surface area contributed by atoms with Gasteiger partial charge in [-0.1, -0.05) is 88.4 Å². The molecular formula is C107H67Br2IN6O6P18S4. The summed E-state index contributed by atoms with van der Waals surface area (Å²) in [6.07, 6.45) is 6.59. The van der Waals surface area contributed by atoms with E-state index in [-0.39, 0.29) is 90.8 Å². The Kier molecular flexibility index (Phi) is 68.0. The zero-order chi connectivity index (χ0) is 104. The van der Waals surface area contributed by atoms with Gasteiger partial charge in [0.1, 0.15) is 35.9 Å². The summed E-state index contributed by atoms with van der Waals surface area (Å²) < 4.78 is 26.0. The van der Waals surface area contributed by atoms with Crippen molar-refractivity contribution in [1.29, 1.82) is 0 Å². The van der Waals surface area contributed by atoms with Gasteiger partial charge < -0.3 is 29.6 Å². The lowest BCUT2D eigenvalue weighted by Crippen LogP contribution is -2.57. The van der Waals surface area contributed by atoms with Crippen molar-refractivity contribution < 1.29 is 28.5 Å². The molecule has 0 aliphatic carbocycles. The van der Waals surface area contributed by atoms with Crippen LogP contribution >= 0.6 is 246 Å². The van der Waals surface area contributed by atoms with Gasteiger partial charge in [0, 0.05) is 348 Å². The van der Waals surface area contributed by atoms with Gasteiger partial charge in [-0.25, -0.2) is 20.0 Å². The summed E-state index contributed by atoms with van der Waals surface area (Å²) in [4.78, 5) is 44.7. The SMILES string of the molecule is C#CC#CC#CC#CC#CC#CC#CC#CC#CC#CC#CC#CC#CC#CC#CC#CC#CC#CC#CC#CC#CC#CC#CC#CC#CC#CC#CC#CC#CC#CC#CC#CC#CC.COC[C@]1(C)C[C@H]2CSC(NC(=O)c3ccccc3)=N[C@@]2(c2nc(Br)cs2)CO1.COC[C@]1(CI)C[C@H]2CSC(NC(=O)c3ccccc3)=N[C@@]2(c2nc(Br)cs2)CO1.PP(P)P(P(P)P)P(P(P)P)P(P(P)P)P(P)P. The number of nitrogens with zero attached hydrogens (tertiary/aromatic N) is 4. The predicted octanol–water partition coefficient (Wildman–Crippen LogP) is 19.5. The molecule has 2 aromatic heterocycles. The number of halogens is 3. The molecule has 16 atom stereocenters. The molecular weight excluding hydrogens is 2440 g/mol. The largest absolute Gasteiger partial charge is 0.382 e. The molecule has 2 fully saturated rings. The van der Waals surface area contributed by atoms with E-state index < -0.39 is 11.1 Å². The monoisotopic (exact) mass is 2500 g/mol. The number of carbonyl (C=O) groups excluding carboxylic acids is 2. The van der Waals surface area contributed by atoms with Crippen LogP contribution in [0.3, 0.4) is 0 Å². The molecule has 2 saturated heterocycles. The Balaban J connectivity index is 0.000000385. The van der Waals surface area contributed by atoms with E-state index in [9.17, 15) is 9.59 Å². The minimum atomic E-state index is -0.607. The van der Waals surface area contributed by atoms with Gasteiger partial charge >= 0.3 is 0 Å². The van der Waals surface area contributed by atoms with E-state index in [1.54, 1.807) is 91.6 Å². The molecule has 12 nitrogen and oxygen atoms in total. The van der Waals surface area contributed by atoms with Crippen LogP contribution in [-0.2, 0) is 30.0 Å². The van der Waals surface area contributed by atoms with Gasteiger partial charge in [0.25, 0.3) is 11.8 Å². The van der Waals surface area contributed by atoms with Crippen molar-refractivity contribution in [3.8, 4) is 391 Å². The van der Waals surface area contributed by atoms with Crippen LogP contribution in [0.1, 0.15) is 57.4 Å². The van der Waals surface area contributed by atoms with E-state index in [4.69, 9.17) is 40.3 Å². The highest BCUT2D eigenvalue weighted by Crippen LogP contribution is 3.28. The Morgan fingerprint density at radius 2 is 0.646 bits per heavy atom. The van der Waals surface area contributed by atoms with Crippen molar-refractivity contribution in [2.75, 3.05) is 56.6 Å². The Bertz CT molecular complexity index is 7900. The number of aromatic nitrogens is 2. The van der Waals surface area contributed by atoms with E-state index in [2.05, 4.69) is 551 Å². The summed E-state index contributed by atoms with van der Waals surface area (Å²) in [5.74, 6) is 164. The second-order valence-corrected chi connectivity index (χ2v) is 102. The summed E-state index contributed by atoms with van der Waals surface area (Å²) in [6.45, 7) is 6.37. The second kappa shape index (κ2) is 77.8. The lowest BCUT2D eigenvalue weighted by atomic mass is 9.76. The van der Waals surface area contributed by atoms with Gasteiger partial charge in [-0.15, -0.1) is 118 Å². The number of fused-ring (bicyclic) bond motifs is 2. The number of amidine groups is 2. The van der Waals surface area contributed by atoms with Crippen molar-refractivity contribution in [3.63, 3.8) is 0 Å². The Hall–Kier alpha value is -8.57. The Morgan fingerprint density at radius 3 is 0.875 bits per heavy atom. The van der Waals surface area contributed by atoms with E-state index in [1.807, 2.05) is 47.2 Å². The summed E-state index contributed by atoms with van der Waals surface area (Å²) in [5.41, 5.74) is -0.662. The first kappa shape index (κ1) is 126. The molecule has 144 heavy (non-hydrogen) atoms. The maximum absolute atomic E-state index is 12.7. The maximum atomic E-state index is 12.7. The van der Waals surface area contributed by atoms with Gasteiger partial charge in [-0.05, 0) is 233 Å². The first-order valence-corrected chi connectivity index (χ1v) is 78.1. The van der Waals surface area contributed by atoms with Gasteiger partial charge in [0.05, 0.1) is 32.0 Å². The number of aliphatic imine (C=N–C) groups is 2. The quantitative estimate of drug-likeness (QED) is 0.0481. The number of terminal acetylenes is 1. The molecule has 10 unspecified atom stereocenters. The van der Waals surface area contributed by atoms with Crippen LogP contribution in [0.2, 0.25) is 0 Å². The van der Waals surface area contributed by atoms with Crippen molar-refractivity contribution in [1.82, 2.24) is 20.6 Å². The minimum Gasteiger partial charge on any atom is -0.382 e. The smallest absolute Gasteiger partial charge is 0.257 e. The molecule has 8 rings (SSSR count). The van der Waals surface area contributed by atoms with Crippen LogP contribution in [0.15, 0.2) is 90.6 Å². The zero-order valence-electron chi connectivity index (χ0n) is 75.9. The summed E-state index contributed by atoms with van der Waals surface area (Å²) in [6, 6.07) is 18.4. The summed E-state index contributed by atoms with van der Waals surface area (Å²) >= 11 is 15.6. The van der Waals surface area contributed by atoms with Crippen LogP contribution in [0.25, 0.3) is 0 Å². The molecule has 2 amide bonds. The molecule has 4 aromatic rings. The standard InChI is InChI=1S/C67H4.C20H21BrIN3O3S2.C20H22BrN3O3S2.H20P18/c1-3-5-7-9-11-13-15-17-19-21-23-25-27-29-31-33-35-37-39-41-43-45-47-49-51-53-55-57-59-61-63-65-67-66-64-62-60-58-56-54-52-50-48-46-44-42-40-38-36-34-32-30-28-26-24-22-20-18-16-14-12-10-8-6-4-2;1-27-11-19(10-22)7-14-8-30-18(24-16(26)13-5-3-2-4-6-13)25-20(14,12-28-19)17-23-15(21)9-29-17;1-19(11-26-2)8-14-9-29-18(23-16(25)13-6-4-3-5-7-13)24-20(14,12-27-19)17-22-15(21)10-28-17;1-11(2)16(12(3)4)18(15(9)10)17(13(5)6)14(7)8/h1H,2H3;2-6,9,14H,7-8,10-12H2,1H3,(H,24,25,26);3-7,10,14H,8-9,11-12H2,1-2H3,(H,23,24,25);1-10H2/t;14-,19+,20-;14-,19-,20-;/m.00./s1. The number of hydrogen-bond donors (Lipinski definition) is 2. The van der Waals surface area contributed by atoms with Crippen LogP contribution in [-0.4, -0.2) is 99.9 Å². The number of hydrogen-bond acceptors (Lipinski definition) is 14. The number of carbonyl (C=O) groups is 2.